The second-order valence-corrected chi connectivity index (χ2v) is 1.50. The molecule has 2 heteroatoms. The molecule has 15 heavy (non-hydrogen) atoms. The highest BCUT2D eigenvalue weighted by Crippen LogP contribution is 1.88. The van der Waals surface area contributed by atoms with Crippen LogP contribution < -0.4 is 11.3 Å². The first-order chi connectivity index (χ1) is 7.35. The van der Waals surface area contributed by atoms with E-state index in [4.69, 9.17) is 5.84 Å². The molecule has 0 fully saturated rings. The zero-order valence-electron chi connectivity index (χ0n) is 11.6. The van der Waals surface area contributed by atoms with Crippen LogP contribution >= 0.6 is 0 Å². The number of hydrogen-bond donors (Lipinski definition) is 2. The van der Waals surface area contributed by atoms with Crippen LogP contribution in [0.1, 0.15) is 48.5 Å². The summed E-state index contributed by atoms with van der Waals surface area (Å²) in [6, 6.07) is 0. The normalized spacial score (nSPS) is 8.40. The van der Waals surface area contributed by atoms with Gasteiger partial charge in [0.15, 0.2) is 0 Å². The Morgan fingerprint density at radius 3 is 1.67 bits per heavy atom. The average molecular weight is 214 g/mol. The van der Waals surface area contributed by atoms with Gasteiger partial charge in [-0.2, -0.15) is 0 Å². The van der Waals surface area contributed by atoms with Crippen molar-refractivity contribution in [3.63, 3.8) is 0 Å². The van der Waals surface area contributed by atoms with Gasteiger partial charge < -0.3 is 5.43 Å². The minimum atomic E-state index is 0.854. The Morgan fingerprint density at radius 2 is 1.47 bits per heavy atom. The first-order valence-electron chi connectivity index (χ1n) is 5.77. The molecule has 3 N–H and O–H groups in total. The number of hydrazine groups is 1. The van der Waals surface area contributed by atoms with Crippen molar-refractivity contribution in [1.29, 1.82) is 0 Å². The van der Waals surface area contributed by atoms with Gasteiger partial charge in [-0.1, -0.05) is 60.3 Å². The standard InChI is InChI=1S/C7H12N2.3C2H6/c1-3-5-7(9-8)6-4-2;3*1-2/h3-6,9H,1,8H2,2H3;3*1-2H3/b6-4-,7-5+;;;. The third-order valence-corrected chi connectivity index (χ3v) is 0.810. The number of hydrogen-bond acceptors (Lipinski definition) is 2. The van der Waals surface area contributed by atoms with E-state index in [9.17, 15) is 0 Å². The van der Waals surface area contributed by atoms with Gasteiger partial charge in [0.05, 0.1) is 0 Å². The highest BCUT2D eigenvalue weighted by molar-refractivity contribution is 5.19. The quantitative estimate of drug-likeness (QED) is 0.420. The van der Waals surface area contributed by atoms with Crippen LogP contribution in [0.25, 0.3) is 0 Å². The first kappa shape index (κ1) is 23.6. The molecule has 92 valence electrons. The number of rotatable bonds is 3. The van der Waals surface area contributed by atoms with Crippen molar-refractivity contribution in [2.24, 2.45) is 5.84 Å². The van der Waals surface area contributed by atoms with Crippen LogP contribution in [0.5, 0.6) is 0 Å². The average Bonchev–Trinajstić information content (AvgIpc) is 2.36. The number of allylic oxidation sites excluding steroid dienone is 4. The maximum atomic E-state index is 5.13. The summed E-state index contributed by atoms with van der Waals surface area (Å²) < 4.78 is 0. The summed E-state index contributed by atoms with van der Waals surface area (Å²) in [6.07, 6.45) is 7.23. The minimum Gasteiger partial charge on any atom is -0.324 e. The zero-order chi connectivity index (χ0) is 13.1. The Morgan fingerprint density at radius 1 is 1.07 bits per heavy atom. The number of nitrogens with one attached hydrogen (secondary N) is 1. The van der Waals surface area contributed by atoms with Crippen LogP contribution in [-0.2, 0) is 0 Å². The lowest BCUT2D eigenvalue weighted by molar-refractivity contribution is 0.916. The lowest BCUT2D eigenvalue weighted by Crippen LogP contribution is -2.19. The van der Waals surface area contributed by atoms with Crippen molar-refractivity contribution in [2.75, 3.05) is 0 Å². The second-order valence-electron chi connectivity index (χ2n) is 1.50. The van der Waals surface area contributed by atoms with Gasteiger partial charge in [-0.25, -0.2) is 0 Å². The lowest BCUT2D eigenvalue weighted by Gasteiger charge is -1.95. The lowest BCUT2D eigenvalue weighted by atomic mass is 10.3. The van der Waals surface area contributed by atoms with E-state index >= 15 is 0 Å². The van der Waals surface area contributed by atoms with Crippen molar-refractivity contribution in [3.05, 3.63) is 36.6 Å². The minimum absolute atomic E-state index is 0.854. The summed E-state index contributed by atoms with van der Waals surface area (Å²) in [5.41, 5.74) is 3.36. The molecule has 0 spiro atoms. The van der Waals surface area contributed by atoms with Crippen LogP contribution in [0, 0.1) is 0 Å². The van der Waals surface area contributed by atoms with E-state index in [0.29, 0.717) is 0 Å². The molecule has 0 rings (SSSR count). The van der Waals surface area contributed by atoms with Crippen molar-refractivity contribution >= 4 is 0 Å². The van der Waals surface area contributed by atoms with Gasteiger partial charge >= 0.3 is 0 Å². The summed E-state index contributed by atoms with van der Waals surface area (Å²) in [5, 5.41) is 0. The van der Waals surface area contributed by atoms with Gasteiger partial charge in [0.25, 0.3) is 0 Å². The van der Waals surface area contributed by atoms with Crippen LogP contribution in [0.3, 0.4) is 0 Å². The fourth-order valence-electron chi connectivity index (χ4n) is 0.458. The van der Waals surface area contributed by atoms with Gasteiger partial charge in [-0.05, 0) is 19.1 Å². The van der Waals surface area contributed by atoms with Crippen LogP contribution in [-0.4, -0.2) is 0 Å². The highest BCUT2D eigenvalue weighted by atomic mass is 15.2. The Balaban J connectivity index is -0.0000000860. The predicted molar refractivity (Wildman–Crippen MR) is 74.5 cm³/mol. The summed E-state index contributed by atoms with van der Waals surface area (Å²) >= 11 is 0. The van der Waals surface area contributed by atoms with Crippen molar-refractivity contribution < 1.29 is 0 Å². The van der Waals surface area contributed by atoms with Crippen LogP contribution in [0.15, 0.2) is 36.6 Å². The van der Waals surface area contributed by atoms with E-state index in [0.717, 1.165) is 5.70 Å². The van der Waals surface area contributed by atoms with Gasteiger partial charge in [0.2, 0.25) is 0 Å². The molecule has 0 radical (unpaired) electrons. The maximum Gasteiger partial charge on any atom is 0.0481 e. The monoisotopic (exact) mass is 214 g/mol. The van der Waals surface area contributed by atoms with Crippen molar-refractivity contribution in [2.45, 2.75) is 48.5 Å². The molecule has 0 unspecified atom stereocenters. The Labute approximate surface area is 96.9 Å². The molecule has 0 heterocycles. The molecule has 0 bridgehead atoms. The number of nitrogens with two attached hydrogens (primary N) is 1. The zero-order valence-corrected chi connectivity index (χ0v) is 11.6. The van der Waals surface area contributed by atoms with Crippen molar-refractivity contribution in [1.82, 2.24) is 5.43 Å². The molecular weight excluding hydrogens is 184 g/mol. The molecular formula is C13H30N2. The van der Waals surface area contributed by atoms with E-state index in [2.05, 4.69) is 12.0 Å². The molecule has 0 aromatic carbocycles. The van der Waals surface area contributed by atoms with E-state index in [-0.39, 0.29) is 0 Å². The summed E-state index contributed by atoms with van der Waals surface area (Å²) in [4.78, 5) is 0. The SMILES string of the molecule is C=C/C=C(\C=C/C)NN.CC.CC.CC. The van der Waals surface area contributed by atoms with E-state index < -0.39 is 0 Å². The molecule has 0 aromatic heterocycles. The van der Waals surface area contributed by atoms with Gasteiger partial charge in [0.1, 0.15) is 0 Å². The molecule has 0 aliphatic carbocycles. The molecule has 0 saturated carbocycles. The summed E-state index contributed by atoms with van der Waals surface area (Å²) in [6.45, 7) is 17.4. The van der Waals surface area contributed by atoms with Crippen molar-refractivity contribution in [3.8, 4) is 0 Å². The fourth-order valence-corrected chi connectivity index (χ4v) is 0.458. The summed E-state index contributed by atoms with van der Waals surface area (Å²) in [5.74, 6) is 5.13. The first-order valence-corrected chi connectivity index (χ1v) is 5.77. The molecule has 0 aliphatic rings. The van der Waals surface area contributed by atoms with E-state index in [1.54, 1.807) is 12.2 Å². The van der Waals surface area contributed by atoms with E-state index in [1.807, 2.05) is 60.6 Å². The topological polar surface area (TPSA) is 38.0 Å². The van der Waals surface area contributed by atoms with Crippen LogP contribution in [0.4, 0.5) is 0 Å². The molecule has 0 aromatic rings. The van der Waals surface area contributed by atoms with Gasteiger partial charge in [0, 0.05) is 5.70 Å². The Bertz CT molecular complexity index is 135. The third kappa shape index (κ3) is 32.1. The molecule has 0 amide bonds. The fraction of sp³-hybridized carbons (Fsp3) is 0.538. The second kappa shape index (κ2) is 38.2. The molecule has 2 nitrogen and oxygen atoms in total. The predicted octanol–water partition coefficient (Wildman–Crippen LogP) is 4.17. The Kier molecular flexibility index (Phi) is 60.3. The molecule has 0 saturated heterocycles. The smallest absolute Gasteiger partial charge is 0.0481 e. The van der Waals surface area contributed by atoms with E-state index in [1.165, 1.54) is 0 Å². The Hall–Kier alpha value is -1.02. The highest BCUT2D eigenvalue weighted by Gasteiger charge is 1.79. The summed E-state index contributed by atoms with van der Waals surface area (Å²) in [7, 11) is 0. The van der Waals surface area contributed by atoms with Crippen LogP contribution in [0.2, 0.25) is 0 Å². The maximum absolute atomic E-state index is 5.13. The molecule has 0 atom stereocenters. The third-order valence-electron chi connectivity index (χ3n) is 0.810. The van der Waals surface area contributed by atoms with Gasteiger partial charge in [-0.3, -0.25) is 5.84 Å². The largest absolute Gasteiger partial charge is 0.324 e. The molecule has 0 aliphatic heterocycles. The van der Waals surface area contributed by atoms with Gasteiger partial charge in [-0.15, -0.1) is 0 Å².